The summed E-state index contributed by atoms with van der Waals surface area (Å²) in [5.41, 5.74) is 3.09. The summed E-state index contributed by atoms with van der Waals surface area (Å²) in [6, 6.07) is 19.2. The van der Waals surface area contributed by atoms with Gasteiger partial charge in [0.1, 0.15) is 23.8 Å². The van der Waals surface area contributed by atoms with Crippen LogP contribution >= 0.6 is 0 Å². The highest BCUT2D eigenvalue weighted by atomic mass is 16.5. The molecule has 1 N–H and O–H groups in total. The molecule has 4 aromatic rings. The van der Waals surface area contributed by atoms with Gasteiger partial charge < -0.3 is 14.8 Å². The summed E-state index contributed by atoms with van der Waals surface area (Å²) in [6.45, 7) is 4.56. The number of amides is 1. The molecular weight excluding hydrogens is 406 g/mol. The molecule has 2 aromatic heterocycles. The number of ether oxygens (including phenoxy) is 2. The molecule has 0 radical (unpaired) electrons. The van der Waals surface area contributed by atoms with E-state index < -0.39 is 0 Å². The van der Waals surface area contributed by atoms with Gasteiger partial charge in [0, 0.05) is 29.6 Å². The minimum absolute atomic E-state index is 0.135. The molecule has 162 valence electrons. The highest BCUT2D eigenvalue weighted by molar-refractivity contribution is 6.04. The number of rotatable bonds is 7. The standard InChI is InChI=1S/C25H23N3O4/c1-3-31-21-9-7-18(8-10-21)25(30)27-19-5-4-6-22(14-19)32-16-20-15-24(29)28-12-11-17(2)13-23(28)26-20/h4-15H,3,16H2,1-2H3,(H,27,30). The van der Waals surface area contributed by atoms with E-state index in [1.165, 1.54) is 10.5 Å². The van der Waals surface area contributed by atoms with Gasteiger partial charge in [-0.15, -0.1) is 0 Å². The molecule has 0 fully saturated rings. The van der Waals surface area contributed by atoms with Gasteiger partial charge >= 0.3 is 0 Å². The Hall–Kier alpha value is -4.13. The first-order valence-electron chi connectivity index (χ1n) is 10.3. The lowest BCUT2D eigenvalue weighted by Gasteiger charge is -2.10. The third-order valence-corrected chi connectivity index (χ3v) is 4.78. The van der Waals surface area contributed by atoms with Crippen LogP contribution in [0.3, 0.4) is 0 Å². The second kappa shape index (κ2) is 9.34. The van der Waals surface area contributed by atoms with Crippen molar-refractivity contribution in [2.24, 2.45) is 0 Å². The number of carbonyl (C=O) groups excluding carboxylic acids is 1. The fraction of sp³-hybridized carbons (Fsp3) is 0.160. The predicted molar refractivity (Wildman–Crippen MR) is 123 cm³/mol. The van der Waals surface area contributed by atoms with E-state index in [9.17, 15) is 9.59 Å². The smallest absolute Gasteiger partial charge is 0.258 e. The van der Waals surface area contributed by atoms with E-state index in [0.717, 1.165) is 11.3 Å². The minimum atomic E-state index is -0.232. The Morgan fingerprint density at radius 1 is 1.00 bits per heavy atom. The summed E-state index contributed by atoms with van der Waals surface area (Å²) < 4.78 is 12.7. The molecule has 7 heteroatoms. The molecule has 0 saturated heterocycles. The molecule has 0 spiro atoms. The maximum atomic E-state index is 12.5. The zero-order chi connectivity index (χ0) is 22.5. The molecule has 0 aliphatic carbocycles. The average molecular weight is 429 g/mol. The van der Waals surface area contributed by atoms with E-state index in [2.05, 4.69) is 10.3 Å². The van der Waals surface area contributed by atoms with Crippen molar-refractivity contribution < 1.29 is 14.3 Å². The maximum absolute atomic E-state index is 12.5. The van der Waals surface area contributed by atoms with Crippen molar-refractivity contribution in [3.8, 4) is 11.5 Å². The molecule has 32 heavy (non-hydrogen) atoms. The zero-order valence-electron chi connectivity index (χ0n) is 17.9. The Bertz CT molecular complexity index is 1310. The van der Waals surface area contributed by atoms with Gasteiger partial charge in [-0.1, -0.05) is 6.07 Å². The van der Waals surface area contributed by atoms with E-state index in [4.69, 9.17) is 9.47 Å². The Balaban J connectivity index is 1.43. The van der Waals surface area contributed by atoms with Gasteiger partial charge in [0.05, 0.1) is 12.3 Å². The van der Waals surface area contributed by atoms with E-state index in [1.54, 1.807) is 54.7 Å². The number of carbonyl (C=O) groups is 1. The predicted octanol–water partition coefficient (Wildman–Crippen LogP) is 4.23. The number of aromatic nitrogens is 2. The summed E-state index contributed by atoms with van der Waals surface area (Å²) in [5, 5.41) is 2.86. The largest absolute Gasteiger partial charge is 0.494 e. The number of hydrogen-bond acceptors (Lipinski definition) is 5. The number of pyridine rings is 1. The van der Waals surface area contributed by atoms with Crippen molar-refractivity contribution in [1.82, 2.24) is 9.38 Å². The number of fused-ring (bicyclic) bond motifs is 1. The summed E-state index contributed by atoms with van der Waals surface area (Å²) in [7, 11) is 0. The van der Waals surface area contributed by atoms with Crippen molar-refractivity contribution in [2.45, 2.75) is 20.5 Å². The van der Waals surface area contributed by atoms with Crippen LogP contribution in [-0.4, -0.2) is 21.9 Å². The zero-order valence-corrected chi connectivity index (χ0v) is 17.9. The van der Waals surface area contributed by atoms with Crippen LogP contribution < -0.4 is 20.3 Å². The first-order valence-corrected chi connectivity index (χ1v) is 10.3. The molecule has 7 nitrogen and oxygen atoms in total. The summed E-state index contributed by atoms with van der Waals surface area (Å²) >= 11 is 0. The van der Waals surface area contributed by atoms with Crippen molar-refractivity contribution in [2.75, 3.05) is 11.9 Å². The number of aryl methyl sites for hydroxylation is 1. The van der Waals surface area contributed by atoms with Gasteiger partial charge in [-0.2, -0.15) is 0 Å². The lowest BCUT2D eigenvalue weighted by molar-refractivity contribution is 0.102. The summed E-state index contributed by atoms with van der Waals surface area (Å²) in [5.74, 6) is 1.04. The highest BCUT2D eigenvalue weighted by Crippen LogP contribution is 2.20. The van der Waals surface area contributed by atoms with Crippen LogP contribution in [0.15, 0.2) is 77.7 Å². The molecule has 0 saturated carbocycles. The van der Waals surface area contributed by atoms with Crippen LogP contribution in [0.2, 0.25) is 0 Å². The fourth-order valence-corrected chi connectivity index (χ4v) is 3.22. The summed E-state index contributed by atoms with van der Waals surface area (Å²) in [4.78, 5) is 29.3. The summed E-state index contributed by atoms with van der Waals surface area (Å²) in [6.07, 6.45) is 1.71. The van der Waals surface area contributed by atoms with Crippen LogP contribution in [0, 0.1) is 6.92 Å². The van der Waals surface area contributed by atoms with E-state index >= 15 is 0 Å². The van der Waals surface area contributed by atoms with Gasteiger partial charge in [0.15, 0.2) is 0 Å². The first-order chi connectivity index (χ1) is 15.5. The second-order valence-corrected chi connectivity index (χ2v) is 7.25. The van der Waals surface area contributed by atoms with Gasteiger partial charge in [0.25, 0.3) is 11.5 Å². The van der Waals surface area contributed by atoms with Crippen LogP contribution in [0.25, 0.3) is 5.65 Å². The molecule has 0 atom stereocenters. The first kappa shape index (κ1) is 21.1. The van der Waals surface area contributed by atoms with E-state index in [1.807, 2.05) is 26.0 Å². The minimum Gasteiger partial charge on any atom is -0.494 e. The molecule has 0 aliphatic rings. The monoisotopic (exact) mass is 429 g/mol. The Morgan fingerprint density at radius 2 is 1.81 bits per heavy atom. The van der Waals surface area contributed by atoms with Gasteiger partial charge in [-0.05, 0) is 67.9 Å². The van der Waals surface area contributed by atoms with Crippen LogP contribution in [0.1, 0.15) is 28.5 Å². The number of nitrogens with one attached hydrogen (secondary N) is 1. The fourth-order valence-electron chi connectivity index (χ4n) is 3.22. The van der Waals surface area contributed by atoms with Crippen LogP contribution in [0.4, 0.5) is 5.69 Å². The lowest BCUT2D eigenvalue weighted by atomic mass is 10.2. The van der Waals surface area contributed by atoms with Crippen molar-refractivity contribution in [3.05, 3.63) is 100 Å². The quantitative estimate of drug-likeness (QED) is 0.475. The topological polar surface area (TPSA) is 81.9 Å². The molecule has 0 bridgehead atoms. The molecule has 0 unspecified atom stereocenters. The van der Waals surface area contributed by atoms with Gasteiger partial charge in [-0.3, -0.25) is 14.0 Å². The molecule has 2 aromatic carbocycles. The normalized spacial score (nSPS) is 10.7. The lowest BCUT2D eigenvalue weighted by Crippen LogP contribution is -2.16. The number of anilines is 1. The number of nitrogens with zero attached hydrogens (tertiary/aromatic N) is 2. The van der Waals surface area contributed by atoms with E-state index in [0.29, 0.717) is 34.9 Å². The SMILES string of the molecule is CCOc1ccc(C(=O)Nc2cccc(OCc3cc(=O)n4ccc(C)cc4n3)c2)cc1. The number of benzene rings is 2. The van der Waals surface area contributed by atoms with Crippen molar-refractivity contribution in [3.63, 3.8) is 0 Å². The maximum Gasteiger partial charge on any atom is 0.258 e. The van der Waals surface area contributed by atoms with Gasteiger partial charge in [0.2, 0.25) is 0 Å². The van der Waals surface area contributed by atoms with Crippen molar-refractivity contribution >= 4 is 17.2 Å². The molecule has 1 amide bonds. The Labute approximate surface area is 185 Å². The van der Waals surface area contributed by atoms with Crippen LogP contribution in [0.5, 0.6) is 11.5 Å². The molecule has 0 aliphatic heterocycles. The van der Waals surface area contributed by atoms with Crippen molar-refractivity contribution in [1.29, 1.82) is 0 Å². The highest BCUT2D eigenvalue weighted by Gasteiger charge is 2.08. The molecule has 4 rings (SSSR count). The third kappa shape index (κ3) is 4.95. The van der Waals surface area contributed by atoms with Gasteiger partial charge in [-0.25, -0.2) is 4.98 Å². The van der Waals surface area contributed by atoms with E-state index in [-0.39, 0.29) is 18.1 Å². The number of hydrogen-bond donors (Lipinski definition) is 1. The molecule has 2 heterocycles. The Morgan fingerprint density at radius 3 is 2.59 bits per heavy atom. The van der Waals surface area contributed by atoms with Crippen LogP contribution in [-0.2, 0) is 6.61 Å². The average Bonchev–Trinajstić information content (AvgIpc) is 2.78. The second-order valence-electron chi connectivity index (χ2n) is 7.25. The Kier molecular flexibility index (Phi) is 6.17. The third-order valence-electron chi connectivity index (χ3n) is 4.78. The molecular formula is C25H23N3O4.